The molecule has 0 aliphatic rings. The third kappa shape index (κ3) is 3.10. The van der Waals surface area contributed by atoms with Crippen molar-refractivity contribution in [3.8, 4) is 5.75 Å². The average Bonchev–Trinajstić information content (AvgIpc) is 2.76. The molecule has 0 fully saturated rings. The van der Waals surface area contributed by atoms with E-state index in [1.165, 1.54) is 13.2 Å². The van der Waals surface area contributed by atoms with Crippen molar-refractivity contribution in [3.05, 3.63) is 50.4 Å². The molecule has 0 bridgehead atoms. The van der Waals surface area contributed by atoms with Crippen LogP contribution in [0.5, 0.6) is 5.75 Å². The van der Waals surface area contributed by atoms with E-state index in [1.54, 1.807) is 17.4 Å². The molecule has 0 saturated carbocycles. The highest BCUT2D eigenvalue weighted by Gasteiger charge is 2.11. The molecule has 96 valence electrons. The molecule has 2 N–H and O–H groups in total. The SMILES string of the molecule is COc1ccc(CC(N)c2ccc(Br)s2)cc1F. The lowest BCUT2D eigenvalue weighted by Crippen LogP contribution is -2.11. The van der Waals surface area contributed by atoms with Crippen molar-refractivity contribution < 1.29 is 9.13 Å². The highest BCUT2D eigenvalue weighted by atomic mass is 79.9. The Balaban J connectivity index is 2.12. The fourth-order valence-electron chi connectivity index (χ4n) is 1.72. The summed E-state index contributed by atoms with van der Waals surface area (Å²) in [6.45, 7) is 0. The number of nitrogens with two attached hydrogens (primary N) is 1. The van der Waals surface area contributed by atoms with Crippen molar-refractivity contribution in [2.75, 3.05) is 7.11 Å². The molecule has 0 spiro atoms. The fourth-order valence-corrected chi connectivity index (χ4v) is 3.14. The van der Waals surface area contributed by atoms with Crippen molar-refractivity contribution in [2.24, 2.45) is 5.73 Å². The Hall–Kier alpha value is -0.910. The second-order valence-electron chi connectivity index (χ2n) is 3.92. The Morgan fingerprint density at radius 3 is 2.72 bits per heavy atom. The second-order valence-corrected chi connectivity index (χ2v) is 6.42. The molecule has 2 rings (SSSR count). The Morgan fingerprint density at radius 2 is 2.17 bits per heavy atom. The Kier molecular flexibility index (Phi) is 4.37. The van der Waals surface area contributed by atoms with Gasteiger partial charge >= 0.3 is 0 Å². The smallest absolute Gasteiger partial charge is 0.165 e. The van der Waals surface area contributed by atoms with Crippen LogP contribution >= 0.6 is 27.3 Å². The first-order valence-corrected chi connectivity index (χ1v) is 7.04. The van der Waals surface area contributed by atoms with Gasteiger partial charge in [0.05, 0.1) is 10.9 Å². The molecule has 0 amide bonds. The maximum absolute atomic E-state index is 13.5. The minimum Gasteiger partial charge on any atom is -0.494 e. The maximum Gasteiger partial charge on any atom is 0.165 e. The third-order valence-electron chi connectivity index (χ3n) is 2.63. The van der Waals surface area contributed by atoms with Gasteiger partial charge in [-0.25, -0.2) is 4.39 Å². The summed E-state index contributed by atoms with van der Waals surface area (Å²) in [5.74, 6) is -0.0965. The molecule has 1 unspecified atom stereocenters. The van der Waals surface area contributed by atoms with E-state index in [1.807, 2.05) is 18.2 Å². The van der Waals surface area contributed by atoms with Gasteiger partial charge in [0.25, 0.3) is 0 Å². The summed E-state index contributed by atoms with van der Waals surface area (Å²) in [7, 11) is 1.45. The predicted octanol–water partition coefficient (Wildman–Crippen LogP) is 3.90. The summed E-state index contributed by atoms with van der Waals surface area (Å²) < 4.78 is 19.5. The van der Waals surface area contributed by atoms with E-state index in [-0.39, 0.29) is 17.6 Å². The number of hydrogen-bond acceptors (Lipinski definition) is 3. The number of methoxy groups -OCH3 is 1. The number of ether oxygens (including phenoxy) is 1. The van der Waals surface area contributed by atoms with Crippen LogP contribution in [0.2, 0.25) is 0 Å². The van der Waals surface area contributed by atoms with Crippen molar-refractivity contribution in [3.63, 3.8) is 0 Å². The van der Waals surface area contributed by atoms with E-state index in [0.717, 1.165) is 14.2 Å². The predicted molar refractivity (Wildman–Crippen MR) is 75.6 cm³/mol. The molecule has 0 radical (unpaired) electrons. The largest absolute Gasteiger partial charge is 0.494 e. The first-order valence-electron chi connectivity index (χ1n) is 5.43. The van der Waals surface area contributed by atoms with Gasteiger partial charge in [0, 0.05) is 10.9 Å². The summed E-state index contributed by atoms with van der Waals surface area (Å²) in [5.41, 5.74) is 6.96. The molecule has 1 aromatic carbocycles. The summed E-state index contributed by atoms with van der Waals surface area (Å²) in [5, 5.41) is 0. The van der Waals surface area contributed by atoms with Gasteiger partial charge in [-0.1, -0.05) is 6.07 Å². The van der Waals surface area contributed by atoms with Crippen LogP contribution in [0.1, 0.15) is 16.5 Å². The van der Waals surface area contributed by atoms with Crippen molar-refractivity contribution in [1.29, 1.82) is 0 Å². The monoisotopic (exact) mass is 329 g/mol. The molecule has 5 heteroatoms. The molecule has 0 aliphatic heterocycles. The second kappa shape index (κ2) is 5.82. The highest BCUT2D eigenvalue weighted by Crippen LogP contribution is 2.28. The summed E-state index contributed by atoms with van der Waals surface area (Å²) >= 11 is 5.00. The lowest BCUT2D eigenvalue weighted by molar-refractivity contribution is 0.386. The van der Waals surface area contributed by atoms with Crippen molar-refractivity contribution in [1.82, 2.24) is 0 Å². The van der Waals surface area contributed by atoms with Crippen molar-refractivity contribution >= 4 is 27.3 Å². The molecule has 1 aromatic heterocycles. The normalized spacial score (nSPS) is 12.4. The zero-order valence-electron chi connectivity index (χ0n) is 9.82. The molecule has 2 nitrogen and oxygen atoms in total. The zero-order chi connectivity index (χ0) is 13.1. The van der Waals surface area contributed by atoms with Crippen LogP contribution in [0.3, 0.4) is 0 Å². The Labute approximate surface area is 118 Å². The van der Waals surface area contributed by atoms with Gasteiger partial charge in [-0.15, -0.1) is 11.3 Å². The quantitative estimate of drug-likeness (QED) is 0.923. The van der Waals surface area contributed by atoms with Gasteiger partial charge in [-0.3, -0.25) is 0 Å². The lowest BCUT2D eigenvalue weighted by Gasteiger charge is -2.10. The van der Waals surface area contributed by atoms with Crippen LogP contribution in [0.15, 0.2) is 34.1 Å². The number of rotatable bonds is 4. The fraction of sp³-hybridized carbons (Fsp3) is 0.231. The van der Waals surface area contributed by atoms with Gasteiger partial charge in [0.2, 0.25) is 0 Å². The number of hydrogen-bond donors (Lipinski definition) is 1. The van der Waals surface area contributed by atoms with Gasteiger partial charge < -0.3 is 10.5 Å². The van der Waals surface area contributed by atoms with Gasteiger partial charge in [0.1, 0.15) is 0 Å². The highest BCUT2D eigenvalue weighted by molar-refractivity contribution is 9.11. The van der Waals surface area contributed by atoms with Crippen molar-refractivity contribution in [2.45, 2.75) is 12.5 Å². The minimum atomic E-state index is -0.352. The first kappa shape index (κ1) is 13.5. The molecule has 18 heavy (non-hydrogen) atoms. The topological polar surface area (TPSA) is 35.2 Å². The summed E-state index contributed by atoms with van der Waals surface area (Å²) in [6, 6.07) is 8.77. The Morgan fingerprint density at radius 1 is 1.39 bits per heavy atom. The van der Waals surface area contributed by atoms with Gasteiger partial charge in [-0.05, 0) is 52.2 Å². The number of benzene rings is 1. The van der Waals surface area contributed by atoms with Crippen LogP contribution in [0, 0.1) is 5.82 Å². The number of halogens is 2. The van der Waals surface area contributed by atoms with E-state index in [0.29, 0.717) is 6.42 Å². The van der Waals surface area contributed by atoms with Crippen LogP contribution < -0.4 is 10.5 Å². The number of thiophene rings is 1. The van der Waals surface area contributed by atoms with Gasteiger partial charge in [0.15, 0.2) is 11.6 Å². The van der Waals surface area contributed by atoms with E-state index < -0.39 is 0 Å². The van der Waals surface area contributed by atoms with Crippen LogP contribution in [0.4, 0.5) is 4.39 Å². The average molecular weight is 330 g/mol. The van der Waals surface area contributed by atoms with E-state index in [9.17, 15) is 4.39 Å². The molecule has 0 saturated heterocycles. The van der Waals surface area contributed by atoms with Crippen LogP contribution in [0.25, 0.3) is 0 Å². The third-order valence-corrected chi connectivity index (χ3v) is 4.39. The molecule has 1 heterocycles. The maximum atomic E-state index is 13.5. The molecular weight excluding hydrogens is 317 g/mol. The first-order chi connectivity index (χ1) is 8.60. The molecule has 2 aromatic rings. The molecule has 0 aliphatic carbocycles. The minimum absolute atomic E-state index is 0.117. The van der Waals surface area contributed by atoms with Gasteiger partial charge in [-0.2, -0.15) is 0 Å². The standard InChI is InChI=1S/C13H13BrFNOS/c1-17-11-3-2-8(6-9(11)15)7-10(16)12-4-5-13(14)18-12/h2-6,10H,7,16H2,1H3. The van der Waals surface area contributed by atoms with Crippen LogP contribution in [-0.4, -0.2) is 7.11 Å². The van der Waals surface area contributed by atoms with E-state index >= 15 is 0 Å². The summed E-state index contributed by atoms with van der Waals surface area (Å²) in [6.07, 6.45) is 0.605. The molecular formula is C13H13BrFNOS. The zero-order valence-corrected chi connectivity index (χ0v) is 12.2. The van der Waals surface area contributed by atoms with E-state index in [2.05, 4.69) is 15.9 Å². The molecule has 1 atom stereocenters. The van der Waals surface area contributed by atoms with E-state index in [4.69, 9.17) is 10.5 Å². The van der Waals surface area contributed by atoms with Crippen LogP contribution in [-0.2, 0) is 6.42 Å². The Bertz CT molecular complexity index is 544. The lowest BCUT2D eigenvalue weighted by atomic mass is 10.1. The summed E-state index contributed by atoms with van der Waals surface area (Å²) in [4.78, 5) is 1.08.